The lowest BCUT2D eigenvalue weighted by Gasteiger charge is -2.26. The molecule has 2 N–H and O–H groups in total. The molecule has 186 valence electrons. The number of hydrogen-bond acceptors (Lipinski definition) is 3. The van der Waals surface area contributed by atoms with E-state index in [1.54, 1.807) is 18.5 Å². The van der Waals surface area contributed by atoms with Gasteiger partial charge in [0.15, 0.2) is 11.6 Å². The number of urea groups is 1. The van der Waals surface area contributed by atoms with Gasteiger partial charge in [0.2, 0.25) is 5.91 Å². The number of anilines is 2. The minimum atomic E-state index is -1.07. The molecule has 0 aliphatic heterocycles. The summed E-state index contributed by atoms with van der Waals surface area (Å²) in [5, 5.41) is 10.1. The summed E-state index contributed by atoms with van der Waals surface area (Å²) in [7, 11) is 0. The average Bonchev–Trinajstić information content (AvgIpc) is 3.18. The molecule has 0 aliphatic rings. The van der Waals surface area contributed by atoms with Crippen LogP contribution in [0.15, 0.2) is 48.5 Å². The number of nitrogens with one attached hydrogen (secondary N) is 2. The van der Waals surface area contributed by atoms with Crippen LogP contribution in [-0.2, 0) is 10.2 Å². The largest absolute Gasteiger partial charge is 0.322 e. The molecule has 9 heteroatoms. The lowest BCUT2D eigenvalue weighted by Crippen LogP contribution is -2.44. The fraction of sp³-hybridized carbons (Fsp3) is 0.346. The minimum Gasteiger partial charge on any atom is -0.313 e. The van der Waals surface area contributed by atoms with E-state index in [2.05, 4.69) is 10.6 Å². The molecule has 3 amide bonds. The van der Waals surface area contributed by atoms with E-state index in [9.17, 15) is 18.4 Å². The molecule has 3 rings (SSSR count). The van der Waals surface area contributed by atoms with Gasteiger partial charge in [-0.05, 0) is 44.5 Å². The van der Waals surface area contributed by atoms with Crippen LogP contribution in [0, 0.1) is 18.6 Å². The fourth-order valence-electron chi connectivity index (χ4n) is 3.42. The zero-order chi connectivity index (χ0) is 25.9. The van der Waals surface area contributed by atoms with Crippen LogP contribution in [0.3, 0.4) is 0 Å². The lowest BCUT2D eigenvalue weighted by atomic mass is 9.92. The van der Waals surface area contributed by atoms with E-state index in [-0.39, 0.29) is 23.7 Å². The highest BCUT2D eigenvalue weighted by Crippen LogP contribution is 2.27. The van der Waals surface area contributed by atoms with Crippen molar-refractivity contribution in [1.82, 2.24) is 14.7 Å². The maximum atomic E-state index is 13.5. The normalized spacial score (nSPS) is 11.5. The van der Waals surface area contributed by atoms with Crippen LogP contribution in [0.25, 0.3) is 5.69 Å². The van der Waals surface area contributed by atoms with Crippen LogP contribution in [0.1, 0.15) is 45.9 Å². The Balaban J connectivity index is 1.82. The first-order valence-electron chi connectivity index (χ1n) is 11.4. The molecule has 2 aromatic carbocycles. The highest BCUT2D eigenvalue weighted by molar-refractivity contribution is 5.97. The quantitative estimate of drug-likeness (QED) is 0.476. The maximum absolute atomic E-state index is 13.5. The molecule has 0 bridgehead atoms. The molecule has 0 radical (unpaired) electrons. The molecule has 1 aromatic heterocycles. The molecule has 3 aromatic rings. The highest BCUT2D eigenvalue weighted by atomic mass is 19.2. The summed E-state index contributed by atoms with van der Waals surface area (Å²) in [5.74, 6) is -2.02. The van der Waals surface area contributed by atoms with Crippen LogP contribution in [0.4, 0.5) is 25.1 Å². The molecule has 0 atom stereocenters. The van der Waals surface area contributed by atoms with Crippen molar-refractivity contribution in [3.05, 3.63) is 71.4 Å². The fourth-order valence-corrected chi connectivity index (χ4v) is 3.42. The third kappa shape index (κ3) is 6.23. The van der Waals surface area contributed by atoms with Gasteiger partial charge in [-0.1, -0.05) is 39.0 Å². The van der Waals surface area contributed by atoms with Crippen molar-refractivity contribution in [2.75, 3.05) is 17.2 Å². The number of hydrogen-bond donors (Lipinski definition) is 2. The Morgan fingerprint density at radius 3 is 2.31 bits per heavy atom. The van der Waals surface area contributed by atoms with Crippen LogP contribution in [0.2, 0.25) is 0 Å². The van der Waals surface area contributed by atoms with Crippen molar-refractivity contribution < 1.29 is 18.4 Å². The molecular formula is C26H31F2N5O2. The maximum Gasteiger partial charge on any atom is 0.322 e. The van der Waals surface area contributed by atoms with Gasteiger partial charge in [0, 0.05) is 29.3 Å². The Bertz CT molecular complexity index is 1230. The number of carbonyl (C=O) groups excluding carboxylic acids is 2. The molecule has 1 heterocycles. The average molecular weight is 484 g/mol. The standard InChI is InChI=1S/C26H31F2N5O2/c1-16(2)32(25(35)29-18-11-12-19(27)20(28)13-18)15-24(34)30-23-14-22(26(4,5)6)31-33(23)21-10-8-7-9-17(21)3/h7-14,16H,15H2,1-6H3,(H,29,35)(H,30,34). The number of rotatable bonds is 6. The summed E-state index contributed by atoms with van der Waals surface area (Å²) in [5.41, 5.74) is 2.46. The number of nitrogens with zero attached hydrogens (tertiary/aromatic N) is 3. The van der Waals surface area contributed by atoms with Gasteiger partial charge in [0.1, 0.15) is 12.4 Å². The molecule has 0 spiro atoms. The molecule has 0 fully saturated rings. The van der Waals surface area contributed by atoms with Crippen molar-refractivity contribution in [2.45, 2.75) is 53.0 Å². The Morgan fingerprint density at radius 2 is 1.71 bits per heavy atom. The van der Waals surface area contributed by atoms with Crippen LogP contribution >= 0.6 is 0 Å². The van der Waals surface area contributed by atoms with Crippen LogP contribution < -0.4 is 10.6 Å². The van der Waals surface area contributed by atoms with Crippen molar-refractivity contribution in [3.63, 3.8) is 0 Å². The third-order valence-electron chi connectivity index (χ3n) is 5.46. The van der Waals surface area contributed by atoms with Gasteiger partial charge in [-0.15, -0.1) is 0 Å². The van der Waals surface area contributed by atoms with Gasteiger partial charge in [-0.25, -0.2) is 18.3 Å². The van der Waals surface area contributed by atoms with E-state index in [1.807, 2.05) is 58.0 Å². The van der Waals surface area contributed by atoms with Crippen LogP contribution in [-0.4, -0.2) is 39.2 Å². The van der Waals surface area contributed by atoms with Gasteiger partial charge in [0.05, 0.1) is 11.4 Å². The molecule has 0 saturated carbocycles. The Hall–Kier alpha value is -3.75. The minimum absolute atomic E-state index is 0.0902. The molecule has 0 unspecified atom stereocenters. The zero-order valence-corrected chi connectivity index (χ0v) is 20.8. The second kappa shape index (κ2) is 10.2. The zero-order valence-electron chi connectivity index (χ0n) is 20.8. The van der Waals surface area contributed by atoms with Gasteiger partial charge in [-0.3, -0.25) is 4.79 Å². The number of benzene rings is 2. The van der Waals surface area contributed by atoms with Crippen molar-refractivity contribution >= 4 is 23.4 Å². The van der Waals surface area contributed by atoms with E-state index in [0.717, 1.165) is 29.1 Å². The van der Waals surface area contributed by atoms with Crippen LogP contribution in [0.5, 0.6) is 0 Å². The molecule has 0 saturated heterocycles. The third-order valence-corrected chi connectivity index (χ3v) is 5.46. The van der Waals surface area contributed by atoms with Gasteiger partial charge >= 0.3 is 6.03 Å². The van der Waals surface area contributed by atoms with Gasteiger partial charge < -0.3 is 15.5 Å². The Kier molecular flexibility index (Phi) is 7.57. The van der Waals surface area contributed by atoms with E-state index in [0.29, 0.717) is 5.82 Å². The summed E-state index contributed by atoms with van der Waals surface area (Å²) in [6, 6.07) is 11.7. The first kappa shape index (κ1) is 25.9. The second-order valence-electron chi connectivity index (χ2n) is 9.69. The molecule has 0 aliphatic carbocycles. The van der Waals surface area contributed by atoms with E-state index >= 15 is 0 Å². The SMILES string of the molecule is Cc1ccccc1-n1nc(C(C)(C)C)cc1NC(=O)CN(C(=O)Nc1ccc(F)c(F)c1)C(C)C. The highest BCUT2D eigenvalue weighted by Gasteiger charge is 2.24. The Labute approximate surface area is 204 Å². The van der Waals surface area contributed by atoms with Crippen molar-refractivity contribution in [3.8, 4) is 5.69 Å². The topological polar surface area (TPSA) is 79.3 Å². The summed E-state index contributed by atoms with van der Waals surface area (Å²) in [6.07, 6.45) is 0. The number of para-hydroxylation sites is 1. The Morgan fingerprint density at radius 1 is 1.03 bits per heavy atom. The summed E-state index contributed by atoms with van der Waals surface area (Å²) in [4.78, 5) is 27.1. The van der Waals surface area contributed by atoms with Gasteiger partial charge in [-0.2, -0.15) is 5.10 Å². The number of aryl methyl sites for hydroxylation is 1. The summed E-state index contributed by atoms with van der Waals surface area (Å²) in [6.45, 7) is 11.3. The van der Waals surface area contributed by atoms with Crippen molar-refractivity contribution in [1.29, 1.82) is 0 Å². The smallest absolute Gasteiger partial charge is 0.313 e. The first-order chi connectivity index (χ1) is 16.4. The van der Waals surface area contributed by atoms with E-state index < -0.39 is 23.6 Å². The lowest BCUT2D eigenvalue weighted by molar-refractivity contribution is -0.117. The number of carbonyl (C=O) groups is 2. The molecular weight excluding hydrogens is 452 g/mol. The monoisotopic (exact) mass is 483 g/mol. The van der Waals surface area contributed by atoms with E-state index in [4.69, 9.17) is 5.10 Å². The summed E-state index contributed by atoms with van der Waals surface area (Å²) < 4.78 is 28.4. The predicted molar refractivity (Wildman–Crippen MR) is 133 cm³/mol. The van der Waals surface area contributed by atoms with Gasteiger partial charge in [0.25, 0.3) is 0 Å². The predicted octanol–water partition coefficient (Wildman–Crippen LogP) is 5.64. The second-order valence-corrected chi connectivity index (χ2v) is 9.69. The molecule has 7 nitrogen and oxygen atoms in total. The number of halogens is 2. The number of amides is 3. The van der Waals surface area contributed by atoms with Crippen molar-refractivity contribution in [2.24, 2.45) is 0 Å². The van der Waals surface area contributed by atoms with E-state index in [1.165, 1.54) is 11.0 Å². The number of aromatic nitrogens is 2. The molecule has 35 heavy (non-hydrogen) atoms. The summed E-state index contributed by atoms with van der Waals surface area (Å²) >= 11 is 0. The first-order valence-corrected chi connectivity index (χ1v) is 11.4.